The average Bonchev–Trinajstić information content (AvgIpc) is 2.47. The van der Waals surface area contributed by atoms with Gasteiger partial charge in [-0.05, 0) is 37.5 Å². The molecular formula is C16H18FNO3. The number of carbonyl (C=O) groups excluding carboxylic acids is 1. The largest absolute Gasteiger partial charge is 0.481 e. The van der Waals surface area contributed by atoms with Crippen LogP contribution < -0.4 is 5.32 Å². The Hall–Kier alpha value is -2.17. The van der Waals surface area contributed by atoms with Crippen LogP contribution in [0.25, 0.3) is 0 Å². The van der Waals surface area contributed by atoms with E-state index in [9.17, 15) is 19.1 Å². The molecule has 1 aromatic rings. The first-order chi connectivity index (χ1) is 9.99. The maximum atomic E-state index is 12.9. The zero-order chi connectivity index (χ0) is 15.4. The molecule has 0 saturated heterocycles. The molecule has 2 N–H and O–H groups in total. The van der Waals surface area contributed by atoms with Crippen LogP contribution in [-0.4, -0.2) is 17.0 Å². The first-order valence-electron chi connectivity index (χ1n) is 6.92. The molecule has 0 unspecified atom stereocenters. The van der Waals surface area contributed by atoms with E-state index in [1.165, 1.54) is 12.1 Å². The summed E-state index contributed by atoms with van der Waals surface area (Å²) in [5.41, 5.74) is 0.781. The Morgan fingerprint density at radius 3 is 2.33 bits per heavy atom. The molecule has 5 heteroatoms. The molecule has 0 aliphatic heterocycles. The minimum atomic E-state index is -0.950. The third kappa shape index (κ3) is 3.68. The summed E-state index contributed by atoms with van der Waals surface area (Å²) in [5.74, 6) is -2.80. The van der Waals surface area contributed by atoms with Crippen molar-refractivity contribution in [3.63, 3.8) is 0 Å². The number of rotatable bonds is 4. The molecule has 3 atom stereocenters. The second kappa shape index (κ2) is 6.52. The summed E-state index contributed by atoms with van der Waals surface area (Å²) >= 11 is 0. The predicted molar refractivity (Wildman–Crippen MR) is 75.9 cm³/mol. The highest BCUT2D eigenvalue weighted by Crippen LogP contribution is 2.27. The summed E-state index contributed by atoms with van der Waals surface area (Å²) in [4.78, 5) is 23.5. The number of hydrogen-bond donors (Lipinski definition) is 2. The number of aliphatic carboxylic acids is 1. The molecule has 0 bridgehead atoms. The fourth-order valence-electron chi connectivity index (χ4n) is 2.53. The lowest BCUT2D eigenvalue weighted by atomic mass is 9.82. The van der Waals surface area contributed by atoms with Gasteiger partial charge in [0.1, 0.15) is 5.82 Å². The van der Waals surface area contributed by atoms with Crippen LogP contribution in [0.3, 0.4) is 0 Å². The van der Waals surface area contributed by atoms with Crippen molar-refractivity contribution in [1.82, 2.24) is 5.32 Å². The molecule has 4 nitrogen and oxygen atoms in total. The minimum absolute atomic E-state index is 0.274. The smallest absolute Gasteiger partial charge is 0.307 e. The van der Waals surface area contributed by atoms with E-state index in [0.29, 0.717) is 12.8 Å². The SMILES string of the molecule is C[C@@H](NC(=O)[C@@H]1CC=CC[C@@H]1C(=O)O)c1ccc(F)cc1. The molecule has 0 fully saturated rings. The van der Waals surface area contributed by atoms with Crippen LogP contribution in [0.15, 0.2) is 36.4 Å². The maximum absolute atomic E-state index is 12.9. The van der Waals surface area contributed by atoms with Crippen molar-refractivity contribution >= 4 is 11.9 Å². The van der Waals surface area contributed by atoms with Gasteiger partial charge in [0.15, 0.2) is 0 Å². The molecule has 1 aliphatic carbocycles. The van der Waals surface area contributed by atoms with Crippen LogP contribution in [0.4, 0.5) is 4.39 Å². The molecule has 1 aliphatic rings. The Kier molecular flexibility index (Phi) is 4.73. The Labute approximate surface area is 122 Å². The van der Waals surface area contributed by atoms with Gasteiger partial charge in [0.25, 0.3) is 0 Å². The summed E-state index contributed by atoms with van der Waals surface area (Å²) in [7, 11) is 0. The second-order valence-corrected chi connectivity index (χ2v) is 5.28. The molecule has 2 rings (SSSR count). The van der Waals surface area contributed by atoms with Crippen LogP contribution in [0.5, 0.6) is 0 Å². The van der Waals surface area contributed by atoms with Crippen molar-refractivity contribution in [2.75, 3.05) is 0 Å². The number of benzene rings is 1. The van der Waals surface area contributed by atoms with Gasteiger partial charge in [-0.3, -0.25) is 9.59 Å². The van der Waals surface area contributed by atoms with Gasteiger partial charge >= 0.3 is 5.97 Å². The van der Waals surface area contributed by atoms with E-state index in [0.717, 1.165) is 5.56 Å². The van der Waals surface area contributed by atoms with E-state index in [1.54, 1.807) is 25.1 Å². The van der Waals surface area contributed by atoms with Crippen LogP contribution in [-0.2, 0) is 9.59 Å². The molecule has 1 amide bonds. The van der Waals surface area contributed by atoms with Crippen molar-refractivity contribution < 1.29 is 19.1 Å². The minimum Gasteiger partial charge on any atom is -0.481 e. The quantitative estimate of drug-likeness (QED) is 0.838. The number of amides is 1. The Morgan fingerprint density at radius 2 is 1.76 bits per heavy atom. The molecule has 1 aromatic carbocycles. The highest BCUT2D eigenvalue weighted by molar-refractivity contribution is 5.85. The van der Waals surface area contributed by atoms with Crippen molar-refractivity contribution in [2.24, 2.45) is 11.8 Å². The van der Waals surface area contributed by atoms with E-state index in [1.807, 2.05) is 6.08 Å². The van der Waals surface area contributed by atoms with Crippen molar-refractivity contribution in [1.29, 1.82) is 0 Å². The molecule has 112 valence electrons. The summed E-state index contributed by atoms with van der Waals surface area (Å²) < 4.78 is 12.9. The van der Waals surface area contributed by atoms with E-state index in [2.05, 4.69) is 5.32 Å². The lowest BCUT2D eigenvalue weighted by molar-refractivity contribution is -0.147. The van der Waals surface area contributed by atoms with Crippen LogP contribution in [0, 0.1) is 17.7 Å². The first-order valence-corrected chi connectivity index (χ1v) is 6.92. The molecule has 0 spiro atoms. The standard InChI is InChI=1S/C16H18FNO3/c1-10(11-6-8-12(17)9-7-11)18-15(19)13-4-2-3-5-14(13)16(20)21/h2-3,6-10,13-14H,4-5H2,1H3,(H,18,19)(H,20,21)/t10-,13-,14+/m1/s1. The number of allylic oxidation sites excluding steroid dienone is 2. The lowest BCUT2D eigenvalue weighted by Crippen LogP contribution is -2.39. The molecule has 0 saturated carbocycles. The van der Waals surface area contributed by atoms with Gasteiger partial charge in [-0.2, -0.15) is 0 Å². The third-order valence-electron chi connectivity index (χ3n) is 3.82. The lowest BCUT2D eigenvalue weighted by Gasteiger charge is -2.26. The van der Waals surface area contributed by atoms with Gasteiger partial charge in [-0.25, -0.2) is 4.39 Å². The summed E-state index contributed by atoms with van der Waals surface area (Å²) in [6, 6.07) is 5.59. The Bertz CT molecular complexity index is 553. The van der Waals surface area contributed by atoms with Gasteiger partial charge in [0.2, 0.25) is 5.91 Å². The number of halogens is 1. The summed E-state index contributed by atoms with van der Waals surface area (Å²) in [5, 5.41) is 12.0. The normalized spacial score (nSPS) is 22.6. The fourth-order valence-corrected chi connectivity index (χ4v) is 2.53. The third-order valence-corrected chi connectivity index (χ3v) is 3.82. The van der Waals surface area contributed by atoms with Gasteiger partial charge in [-0.15, -0.1) is 0 Å². The molecular weight excluding hydrogens is 273 g/mol. The number of carbonyl (C=O) groups is 2. The number of carboxylic acid groups (broad SMARTS) is 1. The van der Waals surface area contributed by atoms with Crippen LogP contribution in [0.1, 0.15) is 31.4 Å². The number of nitrogens with one attached hydrogen (secondary N) is 1. The number of hydrogen-bond acceptors (Lipinski definition) is 2. The Balaban J connectivity index is 2.04. The van der Waals surface area contributed by atoms with Crippen molar-refractivity contribution in [2.45, 2.75) is 25.8 Å². The van der Waals surface area contributed by atoms with Crippen molar-refractivity contribution in [3.8, 4) is 0 Å². The Morgan fingerprint density at radius 1 is 1.19 bits per heavy atom. The fraction of sp³-hybridized carbons (Fsp3) is 0.375. The molecule has 0 radical (unpaired) electrons. The van der Waals surface area contributed by atoms with E-state index in [-0.39, 0.29) is 17.8 Å². The van der Waals surface area contributed by atoms with Crippen LogP contribution >= 0.6 is 0 Å². The molecule has 0 heterocycles. The zero-order valence-electron chi connectivity index (χ0n) is 11.8. The van der Waals surface area contributed by atoms with Crippen molar-refractivity contribution in [3.05, 3.63) is 47.8 Å². The maximum Gasteiger partial charge on any atom is 0.307 e. The summed E-state index contributed by atoms with van der Waals surface area (Å²) in [6.45, 7) is 1.79. The second-order valence-electron chi connectivity index (χ2n) is 5.28. The van der Waals surface area contributed by atoms with Gasteiger partial charge in [0, 0.05) is 0 Å². The van der Waals surface area contributed by atoms with Gasteiger partial charge < -0.3 is 10.4 Å². The first kappa shape index (κ1) is 15.2. The van der Waals surface area contributed by atoms with Gasteiger partial charge in [-0.1, -0.05) is 24.3 Å². The highest BCUT2D eigenvalue weighted by atomic mass is 19.1. The van der Waals surface area contributed by atoms with E-state index >= 15 is 0 Å². The van der Waals surface area contributed by atoms with E-state index in [4.69, 9.17) is 0 Å². The molecule has 0 aromatic heterocycles. The topological polar surface area (TPSA) is 66.4 Å². The average molecular weight is 291 g/mol. The summed E-state index contributed by atoms with van der Waals surface area (Å²) in [6.07, 6.45) is 4.44. The van der Waals surface area contributed by atoms with Gasteiger partial charge in [0.05, 0.1) is 17.9 Å². The molecule has 21 heavy (non-hydrogen) atoms. The zero-order valence-corrected chi connectivity index (χ0v) is 11.8. The van der Waals surface area contributed by atoms with E-state index < -0.39 is 17.8 Å². The number of carboxylic acids is 1. The monoisotopic (exact) mass is 291 g/mol. The predicted octanol–water partition coefficient (Wildman–Crippen LogP) is 2.67. The van der Waals surface area contributed by atoms with Crippen LogP contribution in [0.2, 0.25) is 0 Å². The highest BCUT2D eigenvalue weighted by Gasteiger charge is 2.34.